The molecule has 0 spiro atoms. The first-order chi connectivity index (χ1) is 12.1. The van der Waals surface area contributed by atoms with Crippen molar-refractivity contribution >= 4 is 16.8 Å². The molecule has 0 saturated carbocycles. The molecule has 1 aromatic heterocycles. The predicted octanol–water partition coefficient (Wildman–Crippen LogP) is 2.76. The summed E-state index contributed by atoms with van der Waals surface area (Å²) in [5.41, 5.74) is 3.00. The summed E-state index contributed by atoms with van der Waals surface area (Å²) in [5.74, 6) is 0.0234. The normalized spacial score (nSPS) is 11.3. The van der Waals surface area contributed by atoms with Crippen LogP contribution in [0.15, 0.2) is 54.6 Å². The molecule has 0 amide bonds. The Kier molecular flexibility index (Phi) is 5.14. The fourth-order valence-corrected chi connectivity index (χ4v) is 3.08. The number of nitrogens with zero attached hydrogens (tertiary/aromatic N) is 3. The number of rotatable bonds is 7. The van der Waals surface area contributed by atoms with Crippen LogP contribution in [0.4, 0.5) is 0 Å². The second-order valence-electron chi connectivity index (χ2n) is 6.50. The largest absolute Gasteiger partial charge is 0.310 e. The second kappa shape index (κ2) is 7.49. The highest BCUT2D eigenvalue weighted by atomic mass is 16.1. The molecule has 0 aliphatic rings. The molecule has 2 aromatic carbocycles. The van der Waals surface area contributed by atoms with E-state index >= 15 is 0 Å². The van der Waals surface area contributed by atoms with E-state index in [9.17, 15) is 4.79 Å². The molecule has 0 aliphatic heterocycles. The molecule has 1 heterocycles. The van der Waals surface area contributed by atoms with E-state index in [1.807, 2.05) is 73.3 Å². The molecule has 0 bridgehead atoms. The van der Waals surface area contributed by atoms with Gasteiger partial charge >= 0.3 is 0 Å². The Bertz CT molecular complexity index is 922. The van der Waals surface area contributed by atoms with E-state index in [1.54, 1.807) is 4.57 Å². The summed E-state index contributed by atoms with van der Waals surface area (Å²) >= 11 is 0. The van der Waals surface area contributed by atoms with E-state index in [0.717, 1.165) is 30.5 Å². The van der Waals surface area contributed by atoms with Crippen LogP contribution < -0.4 is 5.62 Å². The monoisotopic (exact) mass is 336 g/mol. The van der Waals surface area contributed by atoms with Crippen molar-refractivity contribution < 1.29 is 4.79 Å². The van der Waals surface area contributed by atoms with Crippen molar-refractivity contribution in [1.29, 1.82) is 5.41 Å². The smallest absolute Gasteiger partial charge is 0.203 e. The molecule has 0 radical (unpaired) electrons. The Morgan fingerprint density at radius 1 is 0.960 bits per heavy atom. The maximum atomic E-state index is 12.6. The Labute approximate surface area is 147 Å². The van der Waals surface area contributed by atoms with Crippen LogP contribution in [-0.4, -0.2) is 40.5 Å². The molecule has 3 aromatic rings. The fourth-order valence-electron chi connectivity index (χ4n) is 3.08. The first kappa shape index (κ1) is 17.2. The first-order valence-corrected chi connectivity index (χ1v) is 8.53. The molecular weight excluding hydrogens is 312 g/mol. The van der Waals surface area contributed by atoms with Gasteiger partial charge in [-0.2, -0.15) is 0 Å². The Morgan fingerprint density at radius 2 is 1.56 bits per heavy atom. The molecule has 3 rings (SSSR count). The molecule has 0 atom stereocenters. The van der Waals surface area contributed by atoms with Gasteiger partial charge in [-0.25, -0.2) is 0 Å². The number of ketones is 1. The van der Waals surface area contributed by atoms with E-state index < -0.39 is 0 Å². The van der Waals surface area contributed by atoms with Gasteiger partial charge in [0.1, 0.15) is 0 Å². The number of nitrogens with one attached hydrogen (secondary N) is 1. The van der Waals surface area contributed by atoms with Crippen LogP contribution in [0.5, 0.6) is 0 Å². The number of aryl methyl sites for hydroxylation is 1. The minimum absolute atomic E-state index is 0.0234. The highest BCUT2D eigenvalue weighted by Gasteiger charge is 2.14. The van der Waals surface area contributed by atoms with Crippen molar-refractivity contribution in [3.8, 4) is 0 Å². The van der Waals surface area contributed by atoms with Crippen molar-refractivity contribution in [1.82, 2.24) is 14.0 Å². The first-order valence-electron chi connectivity index (χ1n) is 8.53. The van der Waals surface area contributed by atoms with Crippen molar-refractivity contribution in [2.24, 2.45) is 0 Å². The van der Waals surface area contributed by atoms with Gasteiger partial charge in [-0.05, 0) is 39.2 Å². The van der Waals surface area contributed by atoms with Gasteiger partial charge < -0.3 is 14.0 Å². The van der Waals surface area contributed by atoms with Crippen LogP contribution in [0, 0.1) is 5.41 Å². The Hall–Kier alpha value is -2.66. The molecular formula is C20H24N4O. The second-order valence-corrected chi connectivity index (χ2v) is 6.50. The number of carbonyl (C=O) groups excluding carboxylic acids is 1. The average molecular weight is 336 g/mol. The van der Waals surface area contributed by atoms with Gasteiger partial charge in [0, 0.05) is 12.1 Å². The maximum Gasteiger partial charge on any atom is 0.203 e. The van der Waals surface area contributed by atoms with Gasteiger partial charge in [0.25, 0.3) is 0 Å². The highest BCUT2D eigenvalue weighted by Crippen LogP contribution is 2.14. The lowest BCUT2D eigenvalue weighted by molar-refractivity contribution is 0.0971. The molecule has 0 aliphatic carbocycles. The number of fused-ring (bicyclic) bond motifs is 1. The van der Waals surface area contributed by atoms with Crippen molar-refractivity contribution in [3.05, 3.63) is 65.8 Å². The van der Waals surface area contributed by atoms with Gasteiger partial charge in [-0.1, -0.05) is 42.5 Å². The Morgan fingerprint density at radius 3 is 2.20 bits per heavy atom. The molecule has 5 nitrogen and oxygen atoms in total. The van der Waals surface area contributed by atoms with E-state index in [-0.39, 0.29) is 12.3 Å². The maximum absolute atomic E-state index is 12.6. The number of Topliss-reactive ketones (excluding diaryl/α,β-unsaturated/α-hetero) is 1. The summed E-state index contributed by atoms with van der Waals surface area (Å²) in [6.07, 6.45) is 0.962. The molecule has 5 heteroatoms. The standard InChI is InChI=1S/C20H24N4O/c1-22(2)13-8-14-23-17-11-6-7-12-18(17)24(20(23)21)15-19(25)16-9-4-3-5-10-16/h3-7,9-12,21H,8,13-15H2,1-2H3. The SMILES string of the molecule is CN(C)CCCn1c(=N)n(CC(=O)c2ccccc2)c2ccccc21. The van der Waals surface area contributed by atoms with Gasteiger partial charge in [0.15, 0.2) is 5.78 Å². The lowest BCUT2D eigenvalue weighted by atomic mass is 10.1. The van der Waals surface area contributed by atoms with E-state index in [2.05, 4.69) is 4.90 Å². The van der Waals surface area contributed by atoms with E-state index in [0.29, 0.717) is 11.2 Å². The lowest BCUT2D eigenvalue weighted by Crippen LogP contribution is -2.28. The van der Waals surface area contributed by atoms with Crippen LogP contribution >= 0.6 is 0 Å². The van der Waals surface area contributed by atoms with Crippen LogP contribution in [0.1, 0.15) is 16.8 Å². The number of hydrogen-bond acceptors (Lipinski definition) is 3. The van der Waals surface area contributed by atoms with Crippen LogP contribution in [0.2, 0.25) is 0 Å². The Balaban J connectivity index is 1.94. The third-order valence-electron chi connectivity index (χ3n) is 4.36. The number of para-hydroxylation sites is 2. The van der Waals surface area contributed by atoms with Gasteiger partial charge in [0.2, 0.25) is 5.62 Å². The topological polar surface area (TPSA) is 54.0 Å². The zero-order valence-corrected chi connectivity index (χ0v) is 14.8. The van der Waals surface area contributed by atoms with Crippen LogP contribution in [0.25, 0.3) is 11.0 Å². The number of imidazole rings is 1. The fraction of sp³-hybridized carbons (Fsp3) is 0.300. The summed E-state index contributed by atoms with van der Waals surface area (Å²) in [5, 5.41) is 8.58. The molecule has 0 fully saturated rings. The summed E-state index contributed by atoms with van der Waals surface area (Å²) < 4.78 is 3.80. The summed E-state index contributed by atoms with van der Waals surface area (Å²) in [6.45, 7) is 1.92. The molecule has 0 saturated heterocycles. The van der Waals surface area contributed by atoms with Crippen molar-refractivity contribution in [2.75, 3.05) is 20.6 Å². The summed E-state index contributed by atoms with van der Waals surface area (Å²) in [4.78, 5) is 14.7. The highest BCUT2D eigenvalue weighted by molar-refractivity contribution is 5.96. The zero-order valence-electron chi connectivity index (χ0n) is 14.8. The van der Waals surface area contributed by atoms with Crippen molar-refractivity contribution in [3.63, 3.8) is 0 Å². The van der Waals surface area contributed by atoms with Gasteiger partial charge in [-0.3, -0.25) is 10.2 Å². The van der Waals surface area contributed by atoms with Gasteiger partial charge in [0.05, 0.1) is 17.6 Å². The third-order valence-corrected chi connectivity index (χ3v) is 4.36. The molecule has 25 heavy (non-hydrogen) atoms. The number of hydrogen-bond donors (Lipinski definition) is 1. The quantitative estimate of drug-likeness (QED) is 0.675. The minimum atomic E-state index is 0.0234. The number of aromatic nitrogens is 2. The average Bonchev–Trinajstić information content (AvgIpc) is 2.88. The molecule has 0 unspecified atom stereocenters. The number of carbonyl (C=O) groups is 1. The summed E-state index contributed by atoms with van der Waals surface area (Å²) in [6, 6.07) is 17.2. The lowest BCUT2D eigenvalue weighted by Gasteiger charge is -2.10. The van der Waals surface area contributed by atoms with E-state index in [4.69, 9.17) is 5.41 Å². The predicted molar refractivity (Wildman–Crippen MR) is 99.7 cm³/mol. The third kappa shape index (κ3) is 3.72. The van der Waals surface area contributed by atoms with Crippen molar-refractivity contribution in [2.45, 2.75) is 19.5 Å². The zero-order chi connectivity index (χ0) is 17.8. The molecule has 1 N–H and O–H groups in total. The summed E-state index contributed by atoms with van der Waals surface area (Å²) in [7, 11) is 4.10. The minimum Gasteiger partial charge on any atom is -0.310 e. The van der Waals surface area contributed by atoms with Gasteiger partial charge in [-0.15, -0.1) is 0 Å². The van der Waals surface area contributed by atoms with Crippen LogP contribution in [-0.2, 0) is 13.1 Å². The van der Waals surface area contributed by atoms with E-state index in [1.165, 1.54) is 0 Å². The molecule has 130 valence electrons. The van der Waals surface area contributed by atoms with Crippen LogP contribution in [0.3, 0.4) is 0 Å². The number of benzene rings is 2.